The van der Waals surface area contributed by atoms with Gasteiger partial charge in [0.05, 0.1) is 0 Å². The van der Waals surface area contributed by atoms with Gasteiger partial charge in [-0.25, -0.2) is 0 Å². The Hall–Kier alpha value is -4.77. The zero-order valence-corrected chi connectivity index (χ0v) is 28.3. The van der Waals surface area contributed by atoms with Crippen LogP contribution in [0.2, 0.25) is 0 Å². The van der Waals surface area contributed by atoms with Crippen molar-refractivity contribution in [2.75, 3.05) is 11.9 Å². The molecular weight excluding hydrogens is 609 g/mol. The minimum atomic E-state index is 0.395. The van der Waals surface area contributed by atoms with Gasteiger partial charge in [-0.05, 0) is 106 Å². The summed E-state index contributed by atoms with van der Waals surface area (Å²) in [5.74, 6) is 0.854. The molecule has 0 saturated heterocycles. The summed E-state index contributed by atoms with van der Waals surface area (Å²) in [5, 5.41) is 2.64. The van der Waals surface area contributed by atoms with Crippen LogP contribution in [-0.4, -0.2) is 13.3 Å². The van der Waals surface area contributed by atoms with Crippen LogP contribution in [0.15, 0.2) is 156 Å². The largest absolute Gasteiger partial charge is 0.311 e. The Balaban J connectivity index is 1.11. The smallest absolute Gasteiger partial charge is 0.0461 e. The highest BCUT2D eigenvalue weighted by Crippen LogP contribution is 2.41. The fourth-order valence-corrected chi connectivity index (χ4v) is 8.98. The molecule has 230 valence electrons. The van der Waals surface area contributed by atoms with Gasteiger partial charge in [-0.3, -0.25) is 4.99 Å². The Bertz CT molecular complexity index is 2160. The number of hydrogen-bond donors (Lipinski definition) is 0. The van der Waals surface area contributed by atoms with Crippen molar-refractivity contribution >= 4 is 66.0 Å². The first kappa shape index (κ1) is 29.6. The maximum atomic E-state index is 4.24. The fraction of sp³-hybridized carbons (Fsp3) is 0.140. The van der Waals surface area contributed by atoms with Crippen LogP contribution in [0.3, 0.4) is 0 Å². The van der Waals surface area contributed by atoms with Gasteiger partial charge in [0.15, 0.2) is 0 Å². The highest BCUT2D eigenvalue weighted by atomic mass is 32.1. The van der Waals surface area contributed by atoms with E-state index in [1.54, 1.807) is 0 Å². The topological polar surface area (TPSA) is 15.6 Å². The number of benzene rings is 4. The monoisotopic (exact) mass is 644 g/mol. The van der Waals surface area contributed by atoms with Crippen molar-refractivity contribution in [3.05, 3.63) is 161 Å². The third-order valence-electron chi connectivity index (χ3n) is 9.33. The van der Waals surface area contributed by atoms with Crippen molar-refractivity contribution in [2.45, 2.75) is 25.7 Å². The van der Waals surface area contributed by atoms with Gasteiger partial charge in [0.1, 0.15) is 0 Å². The molecule has 1 unspecified atom stereocenters. The molecule has 0 spiro atoms. The van der Waals surface area contributed by atoms with Crippen molar-refractivity contribution in [2.24, 2.45) is 10.9 Å². The molecule has 0 bridgehead atoms. The van der Waals surface area contributed by atoms with Crippen LogP contribution in [0.4, 0.5) is 11.4 Å². The molecule has 8 rings (SSSR count). The van der Waals surface area contributed by atoms with Crippen LogP contribution < -0.4 is 4.90 Å². The predicted octanol–water partition coefficient (Wildman–Crippen LogP) is 12.6. The average molecular weight is 645 g/mol. The number of nitrogens with zero attached hydrogens (tertiary/aromatic N) is 2. The zero-order chi connectivity index (χ0) is 31.7. The van der Waals surface area contributed by atoms with E-state index >= 15 is 0 Å². The summed E-state index contributed by atoms with van der Waals surface area (Å²) in [6.07, 6.45) is 15.6. The van der Waals surface area contributed by atoms with Crippen LogP contribution >= 0.6 is 22.7 Å². The summed E-state index contributed by atoms with van der Waals surface area (Å²) in [6.45, 7) is 2.28. The second-order valence-electron chi connectivity index (χ2n) is 12.4. The molecule has 0 amide bonds. The van der Waals surface area contributed by atoms with E-state index in [1.807, 2.05) is 35.9 Å². The molecule has 2 aromatic heterocycles. The first-order valence-corrected chi connectivity index (χ1v) is 18.0. The van der Waals surface area contributed by atoms with Crippen molar-refractivity contribution in [3.8, 4) is 10.4 Å². The first-order valence-electron chi connectivity index (χ1n) is 16.3. The van der Waals surface area contributed by atoms with Gasteiger partial charge in [0.25, 0.3) is 0 Å². The van der Waals surface area contributed by atoms with Gasteiger partial charge in [0.2, 0.25) is 0 Å². The summed E-state index contributed by atoms with van der Waals surface area (Å²) in [4.78, 5) is 9.37. The van der Waals surface area contributed by atoms with Crippen LogP contribution in [0.25, 0.3) is 36.2 Å². The van der Waals surface area contributed by atoms with E-state index in [-0.39, 0.29) is 0 Å². The fourth-order valence-electron chi connectivity index (χ4n) is 6.75. The van der Waals surface area contributed by atoms with E-state index in [9.17, 15) is 0 Å². The lowest BCUT2D eigenvalue weighted by Crippen LogP contribution is -2.17. The Labute approximate surface area is 285 Å². The van der Waals surface area contributed by atoms with E-state index in [0.717, 1.165) is 18.5 Å². The van der Waals surface area contributed by atoms with Crippen LogP contribution in [0.5, 0.6) is 0 Å². The van der Waals surface area contributed by atoms with Crippen LogP contribution in [-0.2, 0) is 0 Å². The van der Waals surface area contributed by atoms with Gasteiger partial charge in [-0.15, -0.1) is 22.7 Å². The molecule has 2 heterocycles. The number of hydrogen-bond acceptors (Lipinski definition) is 4. The van der Waals surface area contributed by atoms with Crippen molar-refractivity contribution < 1.29 is 0 Å². The third kappa shape index (κ3) is 5.95. The molecule has 6 aromatic rings. The molecule has 4 aromatic carbocycles. The van der Waals surface area contributed by atoms with Gasteiger partial charge >= 0.3 is 0 Å². The van der Waals surface area contributed by atoms with Crippen LogP contribution in [0, 0.1) is 5.92 Å². The molecule has 2 aliphatic rings. The number of allylic oxidation sites excluding steroid dienone is 7. The molecule has 0 aliphatic heterocycles. The maximum Gasteiger partial charge on any atom is 0.0461 e. The highest BCUT2D eigenvalue weighted by Gasteiger charge is 2.21. The quantitative estimate of drug-likeness (QED) is 0.158. The Morgan fingerprint density at radius 2 is 1.40 bits per heavy atom. The molecular formula is C43H36N2S2. The SMILES string of the molecule is C/N=C\C1=CC=C(c2ccc(N(C3=CC[C@@H](c4cc5ccccc5s4)C=C3)c3ccc(-c4cc5ccccc5s4)cc3)cc2)CC1C. The predicted molar refractivity (Wildman–Crippen MR) is 207 cm³/mol. The minimum Gasteiger partial charge on any atom is -0.311 e. The molecule has 2 aliphatic carbocycles. The number of anilines is 2. The Morgan fingerprint density at radius 1 is 0.745 bits per heavy atom. The average Bonchev–Trinajstić information content (AvgIpc) is 3.75. The van der Waals surface area contributed by atoms with E-state index in [2.05, 4.69) is 156 Å². The van der Waals surface area contributed by atoms with E-state index < -0.39 is 0 Å². The number of fused-ring (bicyclic) bond motifs is 2. The summed E-state index contributed by atoms with van der Waals surface area (Å²) in [7, 11) is 1.84. The van der Waals surface area contributed by atoms with Crippen molar-refractivity contribution in [3.63, 3.8) is 0 Å². The second kappa shape index (κ2) is 12.8. The molecule has 4 heteroatoms. The van der Waals surface area contributed by atoms with E-state index in [1.165, 1.54) is 63.6 Å². The molecule has 0 radical (unpaired) electrons. The van der Waals surface area contributed by atoms with Crippen molar-refractivity contribution in [1.82, 2.24) is 0 Å². The Kier molecular flexibility index (Phi) is 8.06. The van der Waals surface area contributed by atoms with Gasteiger partial charge in [0, 0.05) is 55.4 Å². The van der Waals surface area contributed by atoms with Gasteiger partial charge < -0.3 is 4.90 Å². The summed E-state index contributed by atoms with van der Waals surface area (Å²) < 4.78 is 2.69. The van der Waals surface area contributed by atoms with Crippen LogP contribution in [0.1, 0.15) is 36.1 Å². The van der Waals surface area contributed by atoms with E-state index in [0.29, 0.717) is 11.8 Å². The molecule has 0 fully saturated rings. The lowest BCUT2D eigenvalue weighted by Gasteiger charge is -2.29. The molecule has 0 N–H and O–H groups in total. The maximum absolute atomic E-state index is 4.24. The summed E-state index contributed by atoms with van der Waals surface area (Å²) >= 11 is 3.77. The minimum absolute atomic E-state index is 0.395. The van der Waals surface area contributed by atoms with E-state index in [4.69, 9.17) is 0 Å². The first-order chi connectivity index (χ1) is 23.1. The number of thiophene rings is 2. The normalized spacial score (nSPS) is 18.0. The standard InChI is InChI=1S/C43H36N2S2/c1-29-25-33(11-12-36(29)28-44-2)30-13-19-37(20-14-30)45(38-21-15-31(16-22-38)42-26-34-7-3-5-9-40(34)46-42)39-23-17-32(18-24-39)43-27-35-8-4-6-10-41(35)47-43/h3-17,19-24,26-29,32H,18,25H2,1-2H3/b44-28-/t29?,32-/m0/s1. The third-order valence-corrected chi connectivity index (χ3v) is 11.7. The summed E-state index contributed by atoms with van der Waals surface area (Å²) in [6, 6.07) is 40.2. The highest BCUT2D eigenvalue weighted by molar-refractivity contribution is 7.22. The molecule has 0 saturated carbocycles. The van der Waals surface area contributed by atoms with Gasteiger partial charge in [-0.2, -0.15) is 0 Å². The number of aliphatic imine (C=N–C) groups is 1. The summed E-state index contributed by atoms with van der Waals surface area (Å²) in [5.41, 5.74) is 8.74. The lowest BCUT2D eigenvalue weighted by atomic mass is 9.86. The lowest BCUT2D eigenvalue weighted by molar-refractivity contribution is 0.727. The number of rotatable bonds is 7. The van der Waals surface area contributed by atoms with Crippen molar-refractivity contribution in [1.29, 1.82) is 0 Å². The van der Waals surface area contributed by atoms with Gasteiger partial charge in [-0.1, -0.05) is 91.9 Å². The molecule has 47 heavy (non-hydrogen) atoms. The zero-order valence-electron chi connectivity index (χ0n) is 26.6. The molecule has 2 atom stereocenters. The Morgan fingerprint density at radius 3 is 2.02 bits per heavy atom. The molecule has 2 nitrogen and oxygen atoms in total. The second-order valence-corrected chi connectivity index (χ2v) is 14.6.